The largest absolute Gasteiger partial charge is 0.323 e. The number of nitrogens with one attached hydrogen (secondary N) is 1. The zero-order valence-electron chi connectivity index (χ0n) is 16.8. The second-order valence-electron chi connectivity index (χ2n) is 6.71. The van der Waals surface area contributed by atoms with E-state index in [0.717, 1.165) is 23.2 Å². The van der Waals surface area contributed by atoms with Crippen molar-refractivity contribution in [1.82, 2.24) is 19.4 Å². The van der Waals surface area contributed by atoms with Gasteiger partial charge in [-0.25, -0.2) is 4.52 Å². The van der Waals surface area contributed by atoms with E-state index in [-0.39, 0.29) is 5.91 Å². The number of nitriles is 1. The first-order valence-corrected chi connectivity index (χ1v) is 9.61. The van der Waals surface area contributed by atoms with Crippen LogP contribution in [0.2, 0.25) is 0 Å². The number of carbonyl (C=O) groups is 1. The van der Waals surface area contributed by atoms with Crippen molar-refractivity contribution in [3.05, 3.63) is 84.5 Å². The van der Waals surface area contributed by atoms with Gasteiger partial charge in [0.1, 0.15) is 6.07 Å². The van der Waals surface area contributed by atoms with Gasteiger partial charge in [-0.05, 0) is 43.3 Å². The summed E-state index contributed by atoms with van der Waals surface area (Å²) in [6.45, 7) is 6.24. The lowest BCUT2D eigenvalue weighted by molar-refractivity contribution is -0.111. The predicted octanol–water partition coefficient (Wildman–Crippen LogP) is 3.61. The van der Waals surface area contributed by atoms with Crippen LogP contribution in [0.25, 0.3) is 16.6 Å². The van der Waals surface area contributed by atoms with Crippen LogP contribution in [0, 0.1) is 23.2 Å². The number of pyridine rings is 1. The topological polar surface area (TPSA) is 88.0 Å². The van der Waals surface area contributed by atoms with Gasteiger partial charge in [0.25, 0.3) is 0 Å². The minimum atomic E-state index is -0.269. The maximum atomic E-state index is 11.4. The lowest BCUT2D eigenvalue weighted by atomic mass is 10.1. The Bertz CT molecular complexity index is 1390. The van der Waals surface area contributed by atoms with Crippen LogP contribution in [0.5, 0.6) is 0 Å². The molecular weight excluding hydrogens is 388 g/mol. The Morgan fingerprint density at radius 1 is 1.13 bits per heavy atom. The number of aryl methyl sites for hydroxylation is 1. The van der Waals surface area contributed by atoms with Gasteiger partial charge >= 0.3 is 0 Å². The van der Waals surface area contributed by atoms with Crippen LogP contribution in [-0.4, -0.2) is 25.3 Å². The average Bonchev–Trinajstić information content (AvgIpc) is 3.45. The Morgan fingerprint density at radius 2 is 1.94 bits per heavy atom. The first-order chi connectivity index (χ1) is 15.1. The molecule has 0 bridgehead atoms. The van der Waals surface area contributed by atoms with Crippen molar-refractivity contribution in [2.75, 3.05) is 5.32 Å². The van der Waals surface area contributed by atoms with Crippen LogP contribution in [0.3, 0.4) is 0 Å². The van der Waals surface area contributed by atoms with E-state index in [1.165, 1.54) is 12.3 Å². The number of hydrogen-bond acceptors (Lipinski definition) is 4. The minimum Gasteiger partial charge on any atom is -0.323 e. The molecule has 3 aromatic heterocycles. The summed E-state index contributed by atoms with van der Waals surface area (Å²) in [5.41, 5.74) is 5.11. The summed E-state index contributed by atoms with van der Waals surface area (Å²) in [5.74, 6) is 6.03. The van der Waals surface area contributed by atoms with Crippen LogP contribution in [0.4, 0.5) is 5.69 Å². The van der Waals surface area contributed by atoms with E-state index in [4.69, 9.17) is 0 Å². The third-order valence-electron chi connectivity index (χ3n) is 4.70. The fourth-order valence-electron chi connectivity index (χ4n) is 3.11. The second-order valence-corrected chi connectivity index (χ2v) is 6.71. The molecule has 4 aromatic rings. The molecule has 0 spiro atoms. The zero-order chi connectivity index (χ0) is 21.8. The Kier molecular flexibility index (Phi) is 5.33. The summed E-state index contributed by atoms with van der Waals surface area (Å²) in [6.07, 6.45) is 8.39. The molecule has 0 saturated heterocycles. The van der Waals surface area contributed by atoms with Crippen molar-refractivity contribution in [3.63, 3.8) is 0 Å². The molecule has 4 rings (SSSR count). The second kappa shape index (κ2) is 8.40. The van der Waals surface area contributed by atoms with E-state index in [9.17, 15) is 10.1 Å². The van der Waals surface area contributed by atoms with Gasteiger partial charge in [-0.1, -0.05) is 18.4 Å². The molecule has 1 aromatic carbocycles. The number of hydrogen-bond donors (Lipinski definition) is 1. The Labute approximate surface area is 179 Å². The number of rotatable bonds is 4. The molecule has 0 fully saturated rings. The normalized spacial score (nSPS) is 10.2. The van der Waals surface area contributed by atoms with Gasteiger partial charge in [-0.15, -0.1) is 0 Å². The number of nitrogens with zero attached hydrogens (tertiary/aromatic N) is 5. The smallest absolute Gasteiger partial charge is 0.247 e. The highest BCUT2D eigenvalue weighted by molar-refractivity contribution is 5.98. The highest BCUT2D eigenvalue weighted by Gasteiger charge is 2.12. The van der Waals surface area contributed by atoms with Crippen LogP contribution in [0.1, 0.15) is 23.6 Å². The van der Waals surface area contributed by atoms with E-state index in [1.54, 1.807) is 22.8 Å². The van der Waals surface area contributed by atoms with Gasteiger partial charge in [-0.2, -0.15) is 15.5 Å². The fourth-order valence-corrected chi connectivity index (χ4v) is 3.11. The Hall–Kier alpha value is -4.62. The van der Waals surface area contributed by atoms with Crippen molar-refractivity contribution >= 4 is 17.1 Å². The summed E-state index contributed by atoms with van der Waals surface area (Å²) in [7, 11) is 0. The van der Waals surface area contributed by atoms with E-state index < -0.39 is 0 Å². The lowest BCUT2D eigenvalue weighted by Gasteiger charge is -2.04. The lowest BCUT2D eigenvalue weighted by Crippen LogP contribution is -2.06. The van der Waals surface area contributed by atoms with Gasteiger partial charge in [0.2, 0.25) is 5.91 Å². The highest BCUT2D eigenvalue weighted by Crippen LogP contribution is 2.24. The summed E-state index contributed by atoms with van der Waals surface area (Å²) in [4.78, 5) is 11.4. The standard InChI is InChI=1S/C24H18N6O/c1-3-23(31)28-22-9-6-17(7-10-22)5-8-18-11-19(21-14-26-29(4-2)15-21)16-30-24(18)20(12-25)13-27-30/h3,6-7,9-11,13-16H,1,4H2,2H3,(H,28,31). The third kappa shape index (κ3) is 4.07. The van der Waals surface area contributed by atoms with Crippen LogP contribution in [-0.2, 0) is 11.3 Å². The molecule has 7 heteroatoms. The van der Waals surface area contributed by atoms with Crippen LogP contribution in [0.15, 0.2) is 67.8 Å². The molecule has 150 valence electrons. The highest BCUT2D eigenvalue weighted by atomic mass is 16.1. The molecule has 0 saturated carbocycles. The van der Waals surface area contributed by atoms with Crippen LogP contribution >= 0.6 is 0 Å². The Morgan fingerprint density at radius 3 is 2.61 bits per heavy atom. The van der Waals surface area contributed by atoms with Crippen molar-refractivity contribution < 1.29 is 4.79 Å². The van der Waals surface area contributed by atoms with Gasteiger partial charge in [0, 0.05) is 41.3 Å². The molecule has 0 radical (unpaired) electrons. The van der Waals surface area contributed by atoms with Gasteiger partial charge < -0.3 is 5.32 Å². The summed E-state index contributed by atoms with van der Waals surface area (Å²) in [6, 6.07) is 11.3. The fraction of sp³-hybridized carbons (Fsp3) is 0.0833. The van der Waals surface area contributed by atoms with Crippen molar-refractivity contribution in [3.8, 4) is 29.0 Å². The molecular formula is C24H18N6O. The molecule has 3 heterocycles. The first-order valence-electron chi connectivity index (χ1n) is 9.61. The number of fused-ring (bicyclic) bond motifs is 1. The van der Waals surface area contributed by atoms with E-state index in [0.29, 0.717) is 22.3 Å². The molecule has 0 aliphatic carbocycles. The minimum absolute atomic E-state index is 0.269. The summed E-state index contributed by atoms with van der Waals surface area (Å²) < 4.78 is 3.52. The van der Waals surface area contributed by atoms with E-state index in [1.807, 2.05) is 42.2 Å². The van der Waals surface area contributed by atoms with Crippen molar-refractivity contribution in [1.29, 1.82) is 5.26 Å². The number of carbonyl (C=O) groups excluding carboxylic acids is 1. The number of amides is 1. The number of aromatic nitrogens is 4. The summed E-state index contributed by atoms with van der Waals surface area (Å²) in [5, 5.41) is 20.8. The third-order valence-corrected chi connectivity index (χ3v) is 4.70. The first kappa shape index (κ1) is 19.7. The monoisotopic (exact) mass is 406 g/mol. The molecule has 0 aliphatic rings. The molecule has 1 amide bonds. The van der Waals surface area contributed by atoms with Gasteiger partial charge in [-0.3, -0.25) is 9.48 Å². The predicted molar refractivity (Wildman–Crippen MR) is 118 cm³/mol. The molecule has 31 heavy (non-hydrogen) atoms. The SMILES string of the molecule is C=CC(=O)Nc1ccc(C#Cc2cc(-c3cnn(CC)c3)cn3ncc(C#N)c23)cc1. The van der Waals surface area contributed by atoms with Gasteiger partial charge in [0.15, 0.2) is 0 Å². The maximum Gasteiger partial charge on any atom is 0.247 e. The zero-order valence-corrected chi connectivity index (χ0v) is 16.8. The maximum absolute atomic E-state index is 11.4. The molecule has 7 nitrogen and oxygen atoms in total. The van der Waals surface area contributed by atoms with Crippen LogP contribution < -0.4 is 5.32 Å². The molecule has 0 aliphatic heterocycles. The van der Waals surface area contributed by atoms with Crippen molar-refractivity contribution in [2.45, 2.75) is 13.5 Å². The quantitative estimate of drug-likeness (QED) is 0.414. The van der Waals surface area contributed by atoms with E-state index in [2.05, 4.69) is 40.0 Å². The van der Waals surface area contributed by atoms with E-state index >= 15 is 0 Å². The molecule has 0 atom stereocenters. The molecule has 1 N–H and O–H groups in total. The van der Waals surface area contributed by atoms with Crippen molar-refractivity contribution in [2.24, 2.45) is 0 Å². The number of anilines is 1. The Balaban J connectivity index is 1.74. The molecule has 0 unspecified atom stereocenters. The van der Waals surface area contributed by atoms with Gasteiger partial charge in [0.05, 0.1) is 29.0 Å². The summed E-state index contributed by atoms with van der Waals surface area (Å²) >= 11 is 0. The average molecular weight is 406 g/mol. The number of benzene rings is 1.